The van der Waals surface area contributed by atoms with E-state index in [2.05, 4.69) is 28.2 Å². The summed E-state index contributed by atoms with van der Waals surface area (Å²) in [5, 5.41) is 0. The smallest absolute Gasteiger partial charge is 0.350 e. The van der Waals surface area contributed by atoms with Crippen LogP contribution < -0.4 is 5.48 Å². The van der Waals surface area contributed by atoms with E-state index in [9.17, 15) is 22.2 Å². The van der Waals surface area contributed by atoms with E-state index in [1.807, 2.05) is 0 Å². The van der Waals surface area contributed by atoms with Crippen LogP contribution in [0, 0.1) is 0 Å². The quantitative estimate of drug-likeness (QED) is 0.309. The Balaban J connectivity index is 1.49. The Labute approximate surface area is 234 Å². The molecular formula is C29H38F3N3O4S. The molecule has 0 aliphatic carbocycles. The van der Waals surface area contributed by atoms with Gasteiger partial charge in [0.15, 0.2) is 6.29 Å². The summed E-state index contributed by atoms with van der Waals surface area (Å²) in [6.07, 6.45) is -0.267. The number of carbonyl (C=O) groups is 1. The summed E-state index contributed by atoms with van der Waals surface area (Å²) >= 11 is 0. The number of halogens is 3. The van der Waals surface area contributed by atoms with Crippen molar-refractivity contribution in [2.75, 3.05) is 26.2 Å². The van der Waals surface area contributed by atoms with Gasteiger partial charge in [-0.1, -0.05) is 25.1 Å². The van der Waals surface area contributed by atoms with Crippen molar-refractivity contribution >= 4 is 21.3 Å². The predicted molar refractivity (Wildman–Crippen MR) is 149 cm³/mol. The highest BCUT2D eigenvalue weighted by Crippen LogP contribution is 2.37. The minimum atomic E-state index is -4.16. The summed E-state index contributed by atoms with van der Waals surface area (Å²) in [6, 6.07) is 10.5. The van der Waals surface area contributed by atoms with E-state index >= 15 is 0 Å². The molecule has 40 heavy (non-hydrogen) atoms. The van der Waals surface area contributed by atoms with E-state index in [0.29, 0.717) is 56.0 Å². The van der Waals surface area contributed by atoms with Crippen molar-refractivity contribution in [3.05, 3.63) is 48.2 Å². The second kappa shape index (κ2) is 13.0. The number of alkyl halides is 3. The average molecular weight is 582 g/mol. The predicted octanol–water partition coefficient (Wildman–Crippen LogP) is 5.14. The fourth-order valence-electron chi connectivity index (χ4n) is 5.26. The number of ether oxygens (including phenoxy) is 1. The number of hydrogen-bond acceptors (Lipinski definition) is 6. The number of aromatic nitrogens is 1. The third-order valence-corrected chi connectivity index (χ3v) is 10.7. The van der Waals surface area contributed by atoms with Gasteiger partial charge < -0.3 is 9.64 Å². The van der Waals surface area contributed by atoms with Gasteiger partial charge in [0.2, 0.25) is 0 Å². The third-order valence-electron chi connectivity index (χ3n) is 7.86. The van der Waals surface area contributed by atoms with Gasteiger partial charge in [-0.2, -0.15) is 13.2 Å². The first-order chi connectivity index (χ1) is 19.0. The van der Waals surface area contributed by atoms with Crippen LogP contribution in [0.3, 0.4) is 0 Å². The lowest BCUT2D eigenvalue weighted by Crippen LogP contribution is -2.58. The number of nitrogens with one attached hydrogen (secondary N) is 1. The SMILES string of the molecule is C=S(=O)(c1ccc(-c2ccc(CCCC(F)(F)F)cn2)cc1)C1(C(=O)NOC2CCCCO2)CCN(CC)CC1. The number of piperidine rings is 1. The zero-order valence-electron chi connectivity index (χ0n) is 22.9. The van der Waals surface area contributed by atoms with Gasteiger partial charge in [-0.3, -0.25) is 14.0 Å². The summed E-state index contributed by atoms with van der Waals surface area (Å²) in [4.78, 5) is 26.3. The molecular weight excluding hydrogens is 543 g/mol. The van der Waals surface area contributed by atoms with Crippen LogP contribution >= 0.6 is 0 Å². The van der Waals surface area contributed by atoms with Crippen molar-refractivity contribution in [1.82, 2.24) is 15.4 Å². The topological polar surface area (TPSA) is 80.8 Å². The Kier molecular flexibility index (Phi) is 9.92. The highest BCUT2D eigenvalue weighted by atomic mass is 32.2. The van der Waals surface area contributed by atoms with Crippen LogP contribution in [-0.2, 0) is 30.3 Å². The van der Waals surface area contributed by atoms with Crippen molar-refractivity contribution < 1.29 is 31.7 Å². The van der Waals surface area contributed by atoms with Crippen LogP contribution in [0.25, 0.3) is 11.3 Å². The number of rotatable bonds is 10. The number of amides is 1. The number of nitrogens with zero attached hydrogens (tertiary/aromatic N) is 2. The molecule has 2 fully saturated rings. The first-order valence-corrected chi connectivity index (χ1v) is 15.6. The molecule has 2 unspecified atom stereocenters. The first kappa shape index (κ1) is 30.5. The van der Waals surface area contributed by atoms with Crippen LogP contribution in [0.2, 0.25) is 0 Å². The summed E-state index contributed by atoms with van der Waals surface area (Å²) in [6.45, 7) is 4.71. The van der Waals surface area contributed by atoms with E-state index in [4.69, 9.17) is 9.57 Å². The maximum Gasteiger partial charge on any atom is 0.389 e. The molecule has 3 heterocycles. The summed E-state index contributed by atoms with van der Waals surface area (Å²) < 4.78 is 56.0. The molecule has 1 N–H and O–H groups in total. The number of hydroxylamine groups is 1. The number of pyridine rings is 1. The highest BCUT2D eigenvalue weighted by Gasteiger charge is 2.49. The van der Waals surface area contributed by atoms with Gasteiger partial charge in [0.05, 0.1) is 5.69 Å². The van der Waals surface area contributed by atoms with E-state index in [1.165, 1.54) is 0 Å². The molecule has 2 aliphatic heterocycles. The van der Waals surface area contributed by atoms with Gasteiger partial charge in [0.25, 0.3) is 5.91 Å². The molecule has 2 saturated heterocycles. The van der Waals surface area contributed by atoms with Crippen molar-refractivity contribution in [2.24, 2.45) is 0 Å². The summed E-state index contributed by atoms with van der Waals surface area (Å²) in [5.74, 6) is 3.69. The van der Waals surface area contributed by atoms with Crippen molar-refractivity contribution in [3.63, 3.8) is 0 Å². The fourth-order valence-corrected chi connectivity index (χ4v) is 7.47. The van der Waals surface area contributed by atoms with Gasteiger partial charge in [-0.25, -0.2) is 10.3 Å². The van der Waals surface area contributed by atoms with Gasteiger partial charge in [0, 0.05) is 58.7 Å². The minimum Gasteiger partial charge on any atom is -0.350 e. The van der Waals surface area contributed by atoms with E-state index in [-0.39, 0.29) is 6.42 Å². The Hall–Kier alpha value is -2.47. The number of aryl methyl sites for hydroxylation is 1. The molecule has 2 aromatic rings. The highest BCUT2D eigenvalue weighted by molar-refractivity contribution is 8.02. The van der Waals surface area contributed by atoms with Crippen molar-refractivity contribution in [2.45, 2.75) is 80.4 Å². The molecule has 0 spiro atoms. The number of likely N-dealkylation sites (tertiary alicyclic amines) is 1. The van der Waals surface area contributed by atoms with E-state index in [0.717, 1.165) is 30.5 Å². The normalized spacial score (nSPS) is 21.4. The van der Waals surface area contributed by atoms with Gasteiger partial charge in [-0.15, -0.1) is 0 Å². The maximum atomic E-state index is 14.4. The minimum absolute atomic E-state index is 0.0150. The second-order valence-corrected chi connectivity index (χ2v) is 13.1. The molecule has 1 amide bonds. The van der Waals surface area contributed by atoms with Crippen molar-refractivity contribution in [3.8, 4) is 11.3 Å². The van der Waals surface area contributed by atoms with Gasteiger partial charge in [0.1, 0.15) is 4.75 Å². The molecule has 0 bridgehead atoms. The lowest BCUT2D eigenvalue weighted by molar-refractivity contribution is -0.202. The Morgan fingerprint density at radius 2 is 1.93 bits per heavy atom. The average Bonchev–Trinajstić information content (AvgIpc) is 2.96. The Morgan fingerprint density at radius 1 is 1.20 bits per heavy atom. The molecule has 1 aromatic heterocycles. The van der Waals surface area contributed by atoms with E-state index in [1.54, 1.807) is 42.6 Å². The Bertz CT molecular complexity index is 1220. The number of benzene rings is 1. The lowest BCUT2D eigenvalue weighted by Gasteiger charge is -2.42. The fraction of sp³-hybridized carbons (Fsp3) is 0.552. The van der Waals surface area contributed by atoms with Gasteiger partial charge in [-0.05, 0) is 74.7 Å². The zero-order valence-corrected chi connectivity index (χ0v) is 23.7. The monoisotopic (exact) mass is 581 g/mol. The molecule has 220 valence electrons. The molecule has 7 nitrogen and oxygen atoms in total. The zero-order chi connectivity index (χ0) is 28.8. The van der Waals surface area contributed by atoms with Crippen LogP contribution in [0.15, 0.2) is 47.5 Å². The third kappa shape index (κ3) is 7.23. The molecule has 11 heteroatoms. The number of carbonyl (C=O) groups excluding carboxylic acids is 1. The van der Waals surface area contributed by atoms with Crippen LogP contribution in [0.1, 0.15) is 57.4 Å². The summed E-state index contributed by atoms with van der Waals surface area (Å²) in [5.41, 5.74) is 4.70. The van der Waals surface area contributed by atoms with Gasteiger partial charge >= 0.3 is 6.18 Å². The molecule has 4 rings (SSSR count). The molecule has 2 atom stereocenters. The summed E-state index contributed by atoms with van der Waals surface area (Å²) in [7, 11) is -3.11. The van der Waals surface area contributed by atoms with Crippen LogP contribution in [0.4, 0.5) is 13.2 Å². The van der Waals surface area contributed by atoms with E-state index < -0.39 is 39.1 Å². The Morgan fingerprint density at radius 3 is 2.50 bits per heavy atom. The first-order valence-electron chi connectivity index (χ1n) is 13.8. The standard InChI is InChI=1S/C29H38F3N3O4S/c1-3-35-18-16-28(17-19-35,27(36)34-39-26-8-4-5-20-38-26)40(2,37)24-12-10-23(11-13-24)25-14-9-22(21-33-25)7-6-15-29(30,31)32/h9-14,21,26H,2-8,15-20H2,1H3,(H,34,36). The molecule has 1 aromatic carbocycles. The molecule has 0 saturated carbocycles. The van der Waals surface area contributed by atoms with Crippen molar-refractivity contribution in [1.29, 1.82) is 0 Å². The second-order valence-electron chi connectivity index (χ2n) is 10.5. The van der Waals surface area contributed by atoms with Crippen LogP contribution in [-0.4, -0.2) is 69.3 Å². The van der Waals surface area contributed by atoms with Crippen LogP contribution in [0.5, 0.6) is 0 Å². The molecule has 0 radical (unpaired) electrons. The molecule has 2 aliphatic rings. The lowest BCUT2D eigenvalue weighted by atomic mass is 9.95. The maximum absolute atomic E-state index is 14.4. The largest absolute Gasteiger partial charge is 0.389 e. The number of hydrogen-bond donors (Lipinski definition) is 1.